The highest BCUT2D eigenvalue weighted by Crippen LogP contribution is 2.39. The van der Waals surface area contributed by atoms with Crippen molar-refractivity contribution in [3.8, 4) is 5.75 Å². The number of hydrogen-bond donors (Lipinski definition) is 2. The lowest BCUT2D eigenvalue weighted by atomic mass is 9.82. The first-order valence-corrected chi connectivity index (χ1v) is 8.49. The van der Waals surface area contributed by atoms with Gasteiger partial charge in [0.25, 0.3) is 0 Å². The third-order valence-electron chi connectivity index (χ3n) is 5.13. The second-order valence-electron chi connectivity index (χ2n) is 6.67. The monoisotopic (exact) mass is 304 g/mol. The first kappa shape index (κ1) is 15.8. The number of benzene rings is 1. The molecule has 0 radical (unpaired) electrons. The van der Waals surface area contributed by atoms with Gasteiger partial charge in [-0.1, -0.05) is 0 Å². The molecule has 22 heavy (non-hydrogen) atoms. The van der Waals surface area contributed by atoms with E-state index in [-0.39, 0.29) is 0 Å². The van der Waals surface area contributed by atoms with Gasteiger partial charge in [-0.3, -0.25) is 4.90 Å². The summed E-state index contributed by atoms with van der Waals surface area (Å²) in [5, 5.41) is 13.3. The lowest BCUT2D eigenvalue weighted by Crippen LogP contribution is -2.48. The summed E-state index contributed by atoms with van der Waals surface area (Å²) in [5.41, 5.74) is 3.85. The van der Waals surface area contributed by atoms with E-state index in [0.29, 0.717) is 17.7 Å². The molecule has 1 atom stereocenters. The average molecular weight is 304 g/mol. The van der Waals surface area contributed by atoms with Gasteiger partial charge < -0.3 is 15.2 Å². The molecule has 0 unspecified atom stereocenters. The smallest absolute Gasteiger partial charge is 0.116 e. The Morgan fingerprint density at radius 1 is 1.14 bits per heavy atom. The normalized spacial score (nSPS) is 22.6. The second kappa shape index (κ2) is 6.99. The van der Waals surface area contributed by atoms with Gasteiger partial charge in [0.05, 0.1) is 0 Å². The SMILES string of the molecule is Cc1cc(O)cc(C)c1[C@H](C1CCOCC1)N1CCNCC1. The van der Waals surface area contributed by atoms with Gasteiger partial charge in [-0.25, -0.2) is 0 Å². The quantitative estimate of drug-likeness (QED) is 0.900. The Morgan fingerprint density at radius 2 is 1.73 bits per heavy atom. The van der Waals surface area contributed by atoms with Crippen LogP contribution in [0.25, 0.3) is 0 Å². The van der Waals surface area contributed by atoms with Crippen molar-refractivity contribution in [2.45, 2.75) is 32.7 Å². The minimum atomic E-state index is 0.379. The lowest BCUT2D eigenvalue weighted by Gasteiger charge is -2.42. The van der Waals surface area contributed by atoms with E-state index in [1.165, 1.54) is 16.7 Å². The molecule has 0 aliphatic carbocycles. The molecule has 2 heterocycles. The van der Waals surface area contributed by atoms with Gasteiger partial charge in [0.1, 0.15) is 5.75 Å². The van der Waals surface area contributed by atoms with Crippen molar-refractivity contribution in [1.82, 2.24) is 10.2 Å². The molecule has 2 aliphatic heterocycles. The molecule has 2 saturated heterocycles. The van der Waals surface area contributed by atoms with Crippen LogP contribution in [-0.2, 0) is 4.74 Å². The maximum atomic E-state index is 9.88. The summed E-state index contributed by atoms with van der Waals surface area (Å²) in [6.07, 6.45) is 2.27. The number of nitrogens with one attached hydrogen (secondary N) is 1. The molecule has 2 fully saturated rings. The maximum Gasteiger partial charge on any atom is 0.116 e. The largest absolute Gasteiger partial charge is 0.508 e. The third-order valence-corrected chi connectivity index (χ3v) is 5.13. The standard InChI is InChI=1S/C18H28N2O2/c1-13-11-16(21)12-14(2)17(13)18(15-3-9-22-10-4-15)20-7-5-19-6-8-20/h11-12,15,18-19,21H,3-10H2,1-2H3/t18-/m0/s1. The topological polar surface area (TPSA) is 44.7 Å². The molecule has 0 bridgehead atoms. The zero-order valence-electron chi connectivity index (χ0n) is 13.8. The van der Waals surface area contributed by atoms with Gasteiger partial charge in [-0.15, -0.1) is 0 Å². The Bertz CT molecular complexity index is 465. The molecular weight excluding hydrogens is 276 g/mol. The fraction of sp³-hybridized carbons (Fsp3) is 0.667. The van der Waals surface area contributed by atoms with Crippen molar-refractivity contribution in [2.75, 3.05) is 39.4 Å². The van der Waals surface area contributed by atoms with Gasteiger partial charge in [0, 0.05) is 45.4 Å². The zero-order chi connectivity index (χ0) is 15.5. The van der Waals surface area contributed by atoms with E-state index in [9.17, 15) is 5.11 Å². The number of aromatic hydroxyl groups is 1. The van der Waals surface area contributed by atoms with Gasteiger partial charge in [-0.05, 0) is 61.4 Å². The van der Waals surface area contributed by atoms with Crippen LogP contribution in [0.5, 0.6) is 5.75 Å². The molecular formula is C18H28N2O2. The van der Waals surface area contributed by atoms with Crippen molar-refractivity contribution < 1.29 is 9.84 Å². The summed E-state index contributed by atoms with van der Waals surface area (Å²) in [6.45, 7) is 10.4. The van der Waals surface area contributed by atoms with Crippen molar-refractivity contribution in [3.63, 3.8) is 0 Å². The molecule has 1 aromatic rings. The molecule has 1 aromatic carbocycles. The summed E-state index contributed by atoms with van der Waals surface area (Å²) in [7, 11) is 0. The van der Waals surface area contributed by atoms with Crippen LogP contribution in [0.15, 0.2) is 12.1 Å². The molecule has 0 aromatic heterocycles. The van der Waals surface area contributed by atoms with Crippen LogP contribution in [0, 0.1) is 19.8 Å². The molecule has 0 amide bonds. The highest BCUT2D eigenvalue weighted by Gasteiger charge is 2.33. The van der Waals surface area contributed by atoms with E-state index < -0.39 is 0 Å². The Kier molecular flexibility index (Phi) is 5.01. The van der Waals surface area contributed by atoms with Crippen molar-refractivity contribution in [1.29, 1.82) is 0 Å². The molecule has 3 rings (SSSR count). The van der Waals surface area contributed by atoms with Crippen LogP contribution < -0.4 is 5.32 Å². The number of hydrogen-bond acceptors (Lipinski definition) is 4. The summed E-state index contributed by atoms with van der Waals surface area (Å²) in [6, 6.07) is 4.28. The van der Waals surface area contributed by atoms with Crippen molar-refractivity contribution >= 4 is 0 Å². The number of nitrogens with zero attached hydrogens (tertiary/aromatic N) is 1. The summed E-state index contributed by atoms with van der Waals surface area (Å²) in [5.74, 6) is 1.03. The Balaban J connectivity index is 1.96. The van der Waals surface area contributed by atoms with Crippen molar-refractivity contribution in [3.05, 3.63) is 28.8 Å². The van der Waals surface area contributed by atoms with Crippen LogP contribution in [0.4, 0.5) is 0 Å². The van der Waals surface area contributed by atoms with Crippen LogP contribution >= 0.6 is 0 Å². The molecule has 4 nitrogen and oxygen atoms in total. The summed E-state index contributed by atoms with van der Waals surface area (Å²) in [4.78, 5) is 2.64. The lowest BCUT2D eigenvalue weighted by molar-refractivity contribution is 0.0209. The fourth-order valence-corrected chi connectivity index (χ4v) is 4.13. The second-order valence-corrected chi connectivity index (χ2v) is 6.67. The minimum Gasteiger partial charge on any atom is -0.508 e. The molecule has 0 spiro atoms. The highest BCUT2D eigenvalue weighted by atomic mass is 16.5. The summed E-state index contributed by atoms with van der Waals surface area (Å²) < 4.78 is 5.58. The maximum absolute atomic E-state index is 9.88. The van der Waals surface area contributed by atoms with E-state index in [0.717, 1.165) is 52.2 Å². The molecule has 2 aliphatic rings. The number of ether oxygens (including phenoxy) is 1. The number of piperazine rings is 1. The predicted octanol–water partition coefficient (Wildman–Crippen LogP) is 2.38. The van der Waals surface area contributed by atoms with Crippen LogP contribution in [0.3, 0.4) is 0 Å². The van der Waals surface area contributed by atoms with Crippen LogP contribution in [-0.4, -0.2) is 49.4 Å². The number of phenols is 1. The van der Waals surface area contributed by atoms with E-state index in [2.05, 4.69) is 24.1 Å². The van der Waals surface area contributed by atoms with Gasteiger partial charge in [0.2, 0.25) is 0 Å². The van der Waals surface area contributed by atoms with Gasteiger partial charge in [0.15, 0.2) is 0 Å². The first-order chi connectivity index (χ1) is 10.7. The third kappa shape index (κ3) is 3.29. The molecule has 2 N–H and O–H groups in total. The Labute approximate surface area is 133 Å². The van der Waals surface area contributed by atoms with Crippen LogP contribution in [0.2, 0.25) is 0 Å². The highest BCUT2D eigenvalue weighted by molar-refractivity contribution is 5.42. The van der Waals surface area contributed by atoms with E-state index in [1.54, 1.807) is 0 Å². The number of phenolic OH excluding ortho intramolecular Hbond substituents is 1. The zero-order valence-corrected chi connectivity index (χ0v) is 13.8. The van der Waals surface area contributed by atoms with Gasteiger partial charge in [-0.2, -0.15) is 0 Å². The molecule has 0 saturated carbocycles. The minimum absolute atomic E-state index is 0.379. The molecule has 4 heteroatoms. The van der Waals surface area contributed by atoms with Crippen molar-refractivity contribution in [2.24, 2.45) is 5.92 Å². The fourth-order valence-electron chi connectivity index (χ4n) is 4.13. The predicted molar refractivity (Wildman–Crippen MR) is 88.3 cm³/mol. The Hall–Kier alpha value is -1.10. The van der Waals surface area contributed by atoms with E-state index >= 15 is 0 Å². The molecule has 122 valence electrons. The van der Waals surface area contributed by atoms with E-state index in [1.807, 2.05) is 12.1 Å². The number of rotatable bonds is 3. The van der Waals surface area contributed by atoms with Gasteiger partial charge >= 0.3 is 0 Å². The van der Waals surface area contributed by atoms with Crippen LogP contribution in [0.1, 0.15) is 35.6 Å². The first-order valence-electron chi connectivity index (χ1n) is 8.49. The average Bonchev–Trinajstić information content (AvgIpc) is 2.52. The Morgan fingerprint density at radius 3 is 2.32 bits per heavy atom. The van der Waals surface area contributed by atoms with E-state index in [4.69, 9.17) is 4.74 Å². The summed E-state index contributed by atoms with van der Waals surface area (Å²) >= 11 is 0. The number of aryl methyl sites for hydroxylation is 2.